The first-order valence-electron chi connectivity index (χ1n) is 9.28. The van der Waals surface area contributed by atoms with Crippen LogP contribution in [-0.2, 0) is 41.1 Å². The lowest BCUT2D eigenvalue weighted by Crippen LogP contribution is -2.36. The highest BCUT2D eigenvalue weighted by atomic mass is 31.3. The third-order valence-electron chi connectivity index (χ3n) is 4.71. The van der Waals surface area contributed by atoms with Crippen molar-refractivity contribution in [3.05, 3.63) is 33.1 Å². The summed E-state index contributed by atoms with van der Waals surface area (Å²) in [4.78, 5) is 54.2. The zero-order valence-electron chi connectivity index (χ0n) is 17.5. The van der Waals surface area contributed by atoms with Crippen LogP contribution in [-0.4, -0.2) is 61.8 Å². The SMILES string of the molecule is COP(=O)(O)OP(=O)(O)OP(=O)(O)CO[C@H]1C[C@@H](n2ccc(=O)[nH]c2=O)C2OC(C)(C)OC21. The molecule has 188 valence electrons. The summed E-state index contributed by atoms with van der Waals surface area (Å²) in [6.45, 7) is 3.22. The maximum atomic E-state index is 12.2. The summed E-state index contributed by atoms with van der Waals surface area (Å²) < 4.78 is 65.5. The zero-order valence-corrected chi connectivity index (χ0v) is 20.2. The molecule has 4 N–H and O–H groups in total. The molecule has 33 heavy (non-hydrogen) atoms. The van der Waals surface area contributed by atoms with E-state index in [2.05, 4.69) is 18.1 Å². The Kier molecular flexibility index (Phi) is 7.44. The average molecular weight is 536 g/mol. The summed E-state index contributed by atoms with van der Waals surface area (Å²) in [5.74, 6) is -1.09. The topological polar surface area (TPSA) is 222 Å². The molecule has 2 aliphatic rings. The monoisotopic (exact) mass is 536 g/mol. The van der Waals surface area contributed by atoms with Crippen molar-refractivity contribution < 1.29 is 55.7 Å². The van der Waals surface area contributed by atoms with Gasteiger partial charge in [-0.15, -0.1) is 0 Å². The normalized spacial score (nSPS) is 31.9. The van der Waals surface area contributed by atoms with Crippen molar-refractivity contribution in [2.75, 3.05) is 13.5 Å². The van der Waals surface area contributed by atoms with Gasteiger partial charge in [-0.2, -0.15) is 4.31 Å². The van der Waals surface area contributed by atoms with E-state index in [4.69, 9.17) is 19.1 Å². The molecule has 1 aliphatic heterocycles. The zero-order chi connectivity index (χ0) is 24.8. The Morgan fingerprint density at radius 1 is 1.12 bits per heavy atom. The van der Waals surface area contributed by atoms with E-state index in [-0.39, 0.29) is 6.42 Å². The van der Waals surface area contributed by atoms with Crippen LogP contribution in [0.1, 0.15) is 26.3 Å². The highest BCUT2D eigenvalue weighted by molar-refractivity contribution is 7.68. The van der Waals surface area contributed by atoms with Gasteiger partial charge in [-0.1, -0.05) is 0 Å². The van der Waals surface area contributed by atoms with E-state index in [1.165, 1.54) is 10.8 Å². The molecule has 19 heteroatoms. The Labute approximate surface area is 186 Å². The van der Waals surface area contributed by atoms with Gasteiger partial charge in [-0.25, -0.2) is 18.2 Å². The van der Waals surface area contributed by atoms with E-state index in [1.807, 2.05) is 0 Å². The van der Waals surface area contributed by atoms with Gasteiger partial charge in [0.1, 0.15) is 18.6 Å². The van der Waals surface area contributed by atoms with Crippen LogP contribution in [0.4, 0.5) is 0 Å². The maximum Gasteiger partial charge on any atom is 0.488 e. The predicted molar refractivity (Wildman–Crippen MR) is 107 cm³/mol. The number of rotatable bonds is 9. The Morgan fingerprint density at radius 3 is 2.36 bits per heavy atom. The fraction of sp³-hybridized carbons (Fsp3) is 0.714. The number of phosphoric ester groups is 1. The largest absolute Gasteiger partial charge is 0.488 e. The van der Waals surface area contributed by atoms with Crippen LogP contribution in [0.5, 0.6) is 0 Å². The van der Waals surface area contributed by atoms with E-state index in [0.717, 1.165) is 6.07 Å². The fourth-order valence-corrected chi connectivity index (χ4v) is 7.14. The number of fused-ring (bicyclic) bond motifs is 1. The Morgan fingerprint density at radius 2 is 1.76 bits per heavy atom. The molecule has 16 nitrogen and oxygen atoms in total. The van der Waals surface area contributed by atoms with Crippen molar-refractivity contribution in [2.24, 2.45) is 0 Å². The molecule has 1 aliphatic carbocycles. The number of phosphoric acid groups is 2. The van der Waals surface area contributed by atoms with E-state index < -0.39 is 71.0 Å². The Bertz CT molecular complexity index is 1150. The number of hydrogen-bond donors (Lipinski definition) is 4. The van der Waals surface area contributed by atoms with Gasteiger partial charge in [0.15, 0.2) is 5.79 Å². The molecule has 0 radical (unpaired) electrons. The molecule has 1 aromatic rings. The number of hydrogen-bond acceptors (Lipinski definition) is 11. The summed E-state index contributed by atoms with van der Waals surface area (Å²) in [7, 11) is -14.8. The molecule has 1 saturated carbocycles. The minimum atomic E-state index is -5.49. The predicted octanol–water partition coefficient (Wildman–Crippen LogP) is 0.410. The van der Waals surface area contributed by atoms with Crippen LogP contribution in [0.15, 0.2) is 21.9 Å². The molecule has 0 bridgehead atoms. The molecular weight excluding hydrogens is 513 g/mol. The maximum absolute atomic E-state index is 12.2. The average Bonchev–Trinajstić information content (AvgIpc) is 3.11. The van der Waals surface area contributed by atoms with Gasteiger partial charge in [0.2, 0.25) is 0 Å². The van der Waals surface area contributed by atoms with Crippen molar-refractivity contribution in [3.8, 4) is 0 Å². The van der Waals surface area contributed by atoms with Crippen LogP contribution in [0.2, 0.25) is 0 Å². The third-order valence-corrected chi connectivity index (χ3v) is 9.14. The van der Waals surface area contributed by atoms with Crippen molar-refractivity contribution in [1.82, 2.24) is 9.55 Å². The van der Waals surface area contributed by atoms with Crippen LogP contribution < -0.4 is 11.2 Å². The van der Waals surface area contributed by atoms with Crippen molar-refractivity contribution in [3.63, 3.8) is 0 Å². The second-order valence-electron chi connectivity index (χ2n) is 7.64. The van der Waals surface area contributed by atoms with Crippen LogP contribution in [0.3, 0.4) is 0 Å². The smallest absolute Gasteiger partial charge is 0.363 e. The van der Waals surface area contributed by atoms with Gasteiger partial charge < -0.3 is 28.9 Å². The molecule has 1 saturated heterocycles. The van der Waals surface area contributed by atoms with Gasteiger partial charge in [0.05, 0.1) is 12.1 Å². The van der Waals surface area contributed by atoms with Crippen molar-refractivity contribution >= 4 is 23.2 Å². The van der Waals surface area contributed by atoms with Crippen molar-refractivity contribution in [1.29, 1.82) is 0 Å². The second kappa shape index (κ2) is 9.23. The lowest BCUT2D eigenvalue weighted by Gasteiger charge is -2.25. The van der Waals surface area contributed by atoms with E-state index in [9.17, 15) is 33.1 Å². The molecular formula is C14H23N2O14P3. The van der Waals surface area contributed by atoms with Crippen LogP contribution in [0, 0.1) is 0 Å². The first-order chi connectivity index (χ1) is 15.0. The molecule has 5 unspecified atom stereocenters. The number of ether oxygens (including phenoxy) is 3. The van der Waals surface area contributed by atoms with E-state index >= 15 is 0 Å². The van der Waals surface area contributed by atoms with Gasteiger partial charge in [-0.05, 0) is 20.3 Å². The van der Waals surface area contributed by atoms with Crippen LogP contribution >= 0.6 is 23.2 Å². The molecule has 0 spiro atoms. The quantitative estimate of drug-likeness (QED) is 0.314. The minimum absolute atomic E-state index is 0.0418. The highest BCUT2D eigenvalue weighted by Gasteiger charge is 2.56. The second-order valence-corrected chi connectivity index (χ2v) is 12.7. The standard InChI is InChI=1S/C14H23N2O14P3/c1-14(2)27-11-8(16-5-4-10(17)15-13(16)18)6-9(12(11)28-14)26-7-31(19,20)29-33(23,24)30-32(21,22)25-3/h4-5,8-9,11-12H,6-7H2,1-3H3,(H,19,20)(H,21,22)(H,23,24)(H,15,17,18)/t8-,9+,11?,12?/m1/s1. The summed E-state index contributed by atoms with van der Waals surface area (Å²) in [6.07, 6.45) is -2.31. The van der Waals surface area contributed by atoms with E-state index in [1.54, 1.807) is 13.8 Å². The number of nitrogens with zero attached hydrogens (tertiary/aromatic N) is 1. The lowest BCUT2D eigenvalue weighted by atomic mass is 10.2. The number of nitrogens with one attached hydrogen (secondary N) is 1. The van der Waals surface area contributed by atoms with E-state index in [0.29, 0.717) is 7.11 Å². The first-order valence-corrected chi connectivity index (χ1v) is 14.0. The third kappa shape index (κ3) is 6.57. The minimum Gasteiger partial charge on any atom is -0.363 e. The van der Waals surface area contributed by atoms with Gasteiger partial charge in [-0.3, -0.25) is 23.4 Å². The summed E-state index contributed by atoms with van der Waals surface area (Å²) in [5.41, 5.74) is -1.31. The molecule has 1 aromatic heterocycles. The molecule has 7 atom stereocenters. The molecule has 2 heterocycles. The molecule has 2 fully saturated rings. The number of H-pyrrole nitrogens is 1. The number of aromatic amines is 1. The molecule has 3 rings (SSSR count). The van der Waals surface area contributed by atoms with Gasteiger partial charge in [0.25, 0.3) is 5.56 Å². The van der Waals surface area contributed by atoms with Gasteiger partial charge >= 0.3 is 28.9 Å². The van der Waals surface area contributed by atoms with Crippen LogP contribution in [0.25, 0.3) is 0 Å². The summed E-state index contributed by atoms with van der Waals surface area (Å²) >= 11 is 0. The molecule has 0 aromatic carbocycles. The Balaban J connectivity index is 1.74. The lowest BCUT2D eigenvalue weighted by molar-refractivity contribution is -0.168. The summed E-state index contributed by atoms with van der Waals surface area (Å²) in [6, 6.07) is 0.458. The fourth-order valence-electron chi connectivity index (χ4n) is 3.59. The molecule has 0 amide bonds. The Hall–Kier alpha value is -0.990. The van der Waals surface area contributed by atoms with Crippen molar-refractivity contribution in [2.45, 2.75) is 50.4 Å². The summed E-state index contributed by atoms with van der Waals surface area (Å²) in [5, 5.41) is 0. The first kappa shape index (κ1) is 26.6. The highest BCUT2D eigenvalue weighted by Crippen LogP contribution is 2.67. The number of aromatic nitrogens is 2. The van der Waals surface area contributed by atoms with Gasteiger partial charge in [0, 0.05) is 19.4 Å².